The van der Waals surface area contributed by atoms with Gasteiger partial charge in [0, 0.05) is 16.5 Å². The first-order chi connectivity index (χ1) is 15.7. The van der Waals surface area contributed by atoms with Crippen molar-refractivity contribution in [2.75, 3.05) is 12.0 Å². The molecule has 2 aliphatic carbocycles. The third kappa shape index (κ3) is 3.04. The number of carbonyl (C=O) groups is 2. The Morgan fingerprint density at radius 2 is 1.67 bits per heavy atom. The Morgan fingerprint density at radius 1 is 1.00 bits per heavy atom. The van der Waals surface area contributed by atoms with Crippen LogP contribution in [-0.4, -0.2) is 30.5 Å². The predicted molar refractivity (Wildman–Crippen MR) is 127 cm³/mol. The van der Waals surface area contributed by atoms with Gasteiger partial charge in [-0.25, -0.2) is 4.79 Å². The summed E-state index contributed by atoms with van der Waals surface area (Å²) in [7, 11) is 1.62. The van der Waals surface area contributed by atoms with Gasteiger partial charge in [0.25, 0.3) is 0 Å². The molecule has 5 nitrogen and oxygen atoms in total. The largest absolute Gasteiger partial charge is 0.497 e. The zero-order valence-corrected chi connectivity index (χ0v) is 20.1. The number of ether oxygens (including phenoxy) is 2. The Kier molecular flexibility index (Phi) is 4.89. The molecule has 33 heavy (non-hydrogen) atoms. The molecule has 2 aromatic carbocycles. The van der Waals surface area contributed by atoms with Crippen LogP contribution in [0.4, 0.5) is 5.69 Å². The molecule has 0 radical (unpaired) electrons. The van der Waals surface area contributed by atoms with Gasteiger partial charge >= 0.3 is 5.97 Å². The van der Waals surface area contributed by atoms with Crippen LogP contribution in [0.25, 0.3) is 0 Å². The molecule has 1 aliphatic heterocycles. The summed E-state index contributed by atoms with van der Waals surface area (Å²) in [5.41, 5.74) is 0.255. The zero-order valence-electron chi connectivity index (χ0n) is 20.1. The van der Waals surface area contributed by atoms with E-state index in [9.17, 15) is 9.59 Å². The summed E-state index contributed by atoms with van der Waals surface area (Å²) in [6.07, 6.45) is 3.13. The topological polar surface area (TPSA) is 55.6 Å². The molecule has 5 rings (SSSR count). The molecule has 2 unspecified atom stereocenters. The summed E-state index contributed by atoms with van der Waals surface area (Å²) in [6.45, 7) is 8.17. The Balaban J connectivity index is 1.54. The first-order valence-corrected chi connectivity index (χ1v) is 11.9. The first-order valence-electron chi connectivity index (χ1n) is 11.9. The fourth-order valence-corrected chi connectivity index (χ4v) is 6.88. The second kappa shape index (κ2) is 7.34. The summed E-state index contributed by atoms with van der Waals surface area (Å²) in [5.74, 6) is 0.662. The fourth-order valence-electron chi connectivity index (χ4n) is 6.88. The molecule has 2 saturated carbocycles. The van der Waals surface area contributed by atoms with E-state index in [1.54, 1.807) is 7.11 Å². The van der Waals surface area contributed by atoms with Crippen molar-refractivity contribution in [2.45, 2.75) is 64.6 Å². The maximum absolute atomic E-state index is 14.0. The van der Waals surface area contributed by atoms with Crippen molar-refractivity contribution >= 4 is 17.4 Å². The van der Waals surface area contributed by atoms with Crippen LogP contribution < -0.4 is 9.64 Å². The number of carbonyl (C=O) groups excluding carboxylic acids is 2. The van der Waals surface area contributed by atoms with Crippen LogP contribution in [0, 0.1) is 16.7 Å². The molecule has 0 aromatic heterocycles. The van der Waals surface area contributed by atoms with Crippen molar-refractivity contribution in [1.82, 2.24) is 0 Å². The van der Waals surface area contributed by atoms with Gasteiger partial charge in [-0.05, 0) is 61.9 Å². The van der Waals surface area contributed by atoms with Gasteiger partial charge in [-0.1, -0.05) is 51.1 Å². The van der Waals surface area contributed by atoms with E-state index in [0.29, 0.717) is 5.92 Å². The van der Waals surface area contributed by atoms with Crippen molar-refractivity contribution in [3.05, 3.63) is 60.2 Å². The molecule has 0 amide bonds. The number of Topliss-reactive ketones (excluding diaryl/α,β-unsaturated/α-hetero) is 1. The van der Waals surface area contributed by atoms with E-state index in [4.69, 9.17) is 9.47 Å². The lowest BCUT2D eigenvalue weighted by Crippen LogP contribution is -2.48. The second-order valence-corrected chi connectivity index (χ2v) is 10.9. The number of anilines is 1. The van der Waals surface area contributed by atoms with E-state index in [-0.39, 0.29) is 22.7 Å². The van der Waals surface area contributed by atoms with Crippen molar-refractivity contribution in [3.8, 4) is 5.75 Å². The lowest BCUT2D eigenvalue weighted by Gasteiger charge is -2.42. The highest BCUT2D eigenvalue weighted by Gasteiger charge is 2.74. The number of methoxy groups -OCH3 is 1. The van der Waals surface area contributed by atoms with Crippen LogP contribution in [0.15, 0.2) is 54.6 Å². The van der Waals surface area contributed by atoms with Gasteiger partial charge in [0.2, 0.25) is 5.54 Å². The van der Waals surface area contributed by atoms with E-state index < -0.39 is 17.6 Å². The van der Waals surface area contributed by atoms with Crippen LogP contribution in [0.3, 0.4) is 0 Å². The summed E-state index contributed by atoms with van der Waals surface area (Å²) in [6, 6.07) is 16.9. The number of rotatable bonds is 6. The minimum Gasteiger partial charge on any atom is -0.497 e. The Hall–Kier alpha value is -2.82. The molecule has 174 valence electrons. The van der Waals surface area contributed by atoms with Crippen LogP contribution in [0.2, 0.25) is 0 Å². The highest BCUT2D eigenvalue weighted by Crippen LogP contribution is 2.65. The fraction of sp³-hybridized carbons (Fsp3) is 0.500. The Labute approximate surface area is 196 Å². The van der Waals surface area contributed by atoms with E-state index in [2.05, 4.69) is 20.8 Å². The maximum atomic E-state index is 14.0. The van der Waals surface area contributed by atoms with Crippen molar-refractivity contribution in [3.63, 3.8) is 0 Å². The SMILES string of the molecule is COc1ccc(N2C(c3ccccc3)C2(C(C)=O)C(=O)O[C@H]2C(C)(C)[C@H]3CC[C@]2(C)C3)cc1. The van der Waals surface area contributed by atoms with E-state index >= 15 is 0 Å². The van der Waals surface area contributed by atoms with Gasteiger partial charge in [-0.15, -0.1) is 0 Å². The van der Waals surface area contributed by atoms with E-state index in [0.717, 1.165) is 29.8 Å². The Morgan fingerprint density at radius 3 is 2.21 bits per heavy atom. The molecule has 3 aliphatic rings. The summed E-state index contributed by atoms with van der Waals surface area (Å²) >= 11 is 0. The molecule has 1 saturated heterocycles. The van der Waals surface area contributed by atoms with Crippen LogP contribution >= 0.6 is 0 Å². The highest BCUT2D eigenvalue weighted by atomic mass is 16.6. The number of benzene rings is 2. The second-order valence-electron chi connectivity index (χ2n) is 10.9. The zero-order chi connectivity index (χ0) is 23.6. The van der Waals surface area contributed by atoms with Gasteiger partial charge in [-0.3, -0.25) is 4.79 Å². The van der Waals surface area contributed by atoms with Crippen molar-refractivity contribution in [2.24, 2.45) is 16.7 Å². The number of esters is 1. The molecule has 2 bridgehead atoms. The number of hydrogen-bond acceptors (Lipinski definition) is 5. The van der Waals surface area contributed by atoms with E-state index in [1.165, 1.54) is 13.3 Å². The maximum Gasteiger partial charge on any atom is 0.342 e. The van der Waals surface area contributed by atoms with Gasteiger partial charge < -0.3 is 14.4 Å². The highest BCUT2D eigenvalue weighted by molar-refractivity contribution is 6.18. The molecule has 5 atom stereocenters. The van der Waals surface area contributed by atoms with Crippen molar-refractivity contribution in [1.29, 1.82) is 0 Å². The average Bonchev–Trinajstić information content (AvgIpc) is 3.30. The average molecular weight is 448 g/mol. The number of nitrogens with zero attached hydrogens (tertiary/aromatic N) is 1. The van der Waals surface area contributed by atoms with Crippen molar-refractivity contribution < 1.29 is 19.1 Å². The molecule has 3 fully saturated rings. The third-order valence-electron chi connectivity index (χ3n) is 8.64. The summed E-state index contributed by atoms with van der Waals surface area (Å²) in [5, 5.41) is 0. The van der Waals surface area contributed by atoms with Gasteiger partial charge in [-0.2, -0.15) is 0 Å². The minimum atomic E-state index is -1.36. The molecule has 2 aromatic rings. The molecular weight excluding hydrogens is 414 g/mol. The van der Waals surface area contributed by atoms with E-state index in [1.807, 2.05) is 59.5 Å². The minimum absolute atomic E-state index is 0.0239. The number of fused-ring (bicyclic) bond motifs is 2. The Bertz CT molecular complexity index is 1070. The van der Waals surface area contributed by atoms with Gasteiger partial charge in [0.15, 0.2) is 5.78 Å². The molecule has 5 heteroatoms. The van der Waals surface area contributed by atoms with Crippen LogP contribution in [0.1, 0.15) is 58.6 Å². The van der Waals surface area contributed by atoms with Gasteiger partial charge in [0.05, 0.1) is 13.2 Å². The molecule has 1 heterocycles. The lowest BCUT2D eigenvalue weighted by molar-refractivity contribution is -0.168. The summed E-state index contributed by atoms with van der Waals surface area (Å²) in [4.78, 5) is 29.2. The normalized spacial score (nSPS) is 33.6. The summed E-state index contributed by atoms with van der Waals surface area (Å²) < 4.78 is 11.7. The molecular formula is C28H33NO4. The van der Waals surface area contributed by atoms with Crippen LogP contribution in [-0.2, 0) is 14.3 Å². The number of ketones is 1. The molecule has 0 N–H and O–H groups in total. The third-order valence-corrected chi connectivity index (χ3v) is 8.64. The monoisotopic (exact) mass is 447 g/mol. The quantitative estimate of drug-likeness (QED) is 0.340. The number of hydrogen-bond donors (Lipinski definition) is 0. The lowest BCUT2D eigenvalue weighted by atomic mass is 9.70. The smallest absolute Gasteiger partial charge is 0.342 e. The van der Waals surface area contributed by atoms with Gasteiger partial charge in [0.1, 0.15) is 11.9 Å². The molecule has 0 spiro atoms. The first kappa shape index (κ1) is 22.0. The standard InChI is InChI=1S/C28H33NO4/c1-18(30)28(25(31)33-24-26(2,3)20-15-16-27(24,4)17-20)23(19-9-7-6-8-10-19)29(28)21-11-13-22(32-5)14-12-21/h6-14,20,23-24H,15-17H2,1-5H3/t20-,23?,24-,27+,28?,29?/m0/s1. The predicted octanol–water partition coefficient (Wildman–Crippen LogP) is 5.34. The van der Waals surface area contributed by atoms with Crippen LogP contribution in [0.5, 0.6) is 5.75 Å².